The summed E-state index contributed by atoms with van der Waals surface area (Å²) in [5, 5.41) is 4.47. The van der Waals surface area contributed by atoms with Gasteiger partial charge in [0, 0.05) is 6.04 Å². The number of ether oxygens (including phenoxy) is 1. The van der Waals surface area contributed by atoms with E-state index in [0.29, 0.717) is 17.3 Å². The van der Waals surface area contributed by atoms with E-state index in [-0.39, 0.29) is 18.9 Å². The molecular formula is C15H17F3N2O3S. The van der Waals surface area contributed by atoms with Crippen LogP contribution in [0.15, 0.2) is 21.9 Å². The van der Waals surface area contributed by atoms with Gasteiger partial charge in [0.2, 0.25) is 11.8 Å². The molecule has 1 N–H and O–H groups in total. The highest BCUT2D eigenvalue weighted by atomic mass is 32.1. The normalized spacial score (nSPS) is 13.0. The number of oxazole rings is 1. The smallest absolute Gasteiger partial charge is 0.411 e. The Hall–Kier alpha value is -1.87. The molecule has 2 heterocycles. The highest BCUT2D eigenvalue weighted by Gasteiger charge is 2.27. The van der Waals surface area contributed by atoms with Gasteiger partial charge in [0.05, 0.1) is 23.6 Å². The van der Waals surface area contributed by atoms with Crippen molar-refractivity contribution in [2.45, 2.75) is 32.5 Å². The Morgan fingerprint density at radius 3 is 2.88 bits per heavy atom. The van der Waals surface area contributed by atoms with Crippen molar-refractivity contribution in [3.63, 3.8) is 0 Å². The molecule has 0 aromatic carbocycles. The fourth-order valence-electron chi connectivity index (χ4n) is 1.97. The number of aromatic nitrogens is 1. The van der Waals surface area contributed by atoms with Gasteiger partial charge >= 0.3 is 6.18 Å². The summed E-state index contributed by atoms with van der Waals surface area (Å²) in [6.45, 7) is 1.73. The van der Waals surface area contributed by atoms with Crippen LogP contribution in [-0.2, 0) is 16.0 Å². The first-order valence-corrected chi connectivity index (χ1v) is 8.06. The van der Waals surface area contributed by atoms with Crippen LogP contribution in [0.3, 0.4) is 0 Å². The number of carbonyl (C=O) groups excluding carboxylic acids is 1. The van der Waals surface area contributed by atoms with Gasteiger partial charge in [-0.2, -0.15) is 13.2 Å². The summed E-state index contributed by atoms with van der Waals surface area (Å²) in [7, 11) is 0. The van der Waals surface area contributed by atoms with E-state index in [4.69, 9.17) is 4.42 Å². The maximum absolute atomic E-state index is 12.0. The molecular weight excluding hydrogens is 345 g/mol. The molecule has 1 atom stereocenters. The van der Waals surface area contributed by atoms with Gasteiger partial charge in [-0.05, 0) is 25.3 Å². The van der Waals surface area contributed by atoms with Gasteiger partial charge in [0.25, 0.3) is 0 Å². The lowest BCUT2D eigenvalue weighted by atomic mass is 10.2. The fourth-order valence-corrected chi connectivity index (χ4v) is 2.62. The average Bonchev–Trinajstić information content (AvgIpc) is 3.07. The molecule has 0 aliphatic carbocycles. The van der Waals surface area contributed by atoms with Crippen molar-refractivity contribution in [3.05, 3.63) is 29.0 Å². The number of nitrogens with one attached hydrogen (secondary N) is 1. The molecule has 0 saturated heterocycles. The maximum atomic E-state index is 12.0. The van der Waals surface area contributed by atoms with Crippen LogP contribution in [0.25, 0.3) is 10.8 Å². The second-order valence-electron chi connectivity index (χ2n) is 5.27. The lowest BCUT2D eigenvalue weighted by molar-refractivity contribution is -0.175. The number of aryl methyl sites for hydroxylation is 1. The number of rotatable bonds is 7. The quantitative estimate of drug-likeness (QED) is 0.821. The molecule has 132 valence electrons. The predicted octanol–water partition coefficient (Wildman–Crippen LogP) is 3.34. The second-order valence-corrected chi connectivity index (χ2v) is 6.22. The molecule has 5 nitrogen and oxygen atoms in total. The molecule has 0 bridgehead atoms. The van der Waals surface area contributed by atoms with E-state index in [2.05, 4.69) is 15.0 Å². The number of nitrogens with zero attached hydrogens (tertiary/aromatic N) is 1. The molecule has 2 aromatic rings. The Bertz CT molecular complexity index is 668. The van der Waals surface area contributed by atoms with Crippen LogP contribution in [0, 0.1) is 6.92 Å². The number of amides is 1. The van der Waals surface area contributed by atoms with Gasteiger partial charge < -0.3 is 14.5 Å². The molecule has 0 spiro atoms. The Balaban J connectivity index is 1.84. The highest BCUT2D eigenvalue weighted by Crippen LogP contribution is 2.26. The molecule has 0 aliphatic rings. The molecule has 0 fully saturated rings. The van der Waals surface area contributed by atoms with Crippen LogP contribution < -0.4 is 5.32 Å². The minimum Gasteiger partial charge on any atom is -0.440 e. The first kappa shape index (κ1) is 18.5. The number of hydrogen-bond acceptors (Lipinski definition) is 5. The Morgan fingerprint density at radius 1 is 1.50 bits per heavy atom. The molecule has 9 heteroatoms. The van der Waals surface area contributed by atoms with Crippen molar-refractivity contribution in [2.75, 3.05) is 13.2 Å². The minimum atomic E-state index is -4.38. The third kappa shape index (κ3) is 5.64. The fraction of sp³-hybridized carbons (Fsp3) is 0.467. The van der Waals surface area contributed by atoms with Crippen molar-refractivity contribution in [3.8, 4) is 10.8 Å². The van der Waals surface area contributed by atoms with Gasteiger partial charge in [-0.25, -0.2) is 4.98 Å². The topological polar surface area (TPSA) is 64.4 Å². The molecule has 1 unspecified atom stereocenters. The monoisotopic (exact) mass is 362 g/mol. The third-order valence-electron chi connectivity index (χ3n) is 2.99. The largest absolute Gasteiger partial charge is 0.440 e. The lowest BCUT2D eigenvalue weighted by Gasteiger charge is -2.14. The van der Waals surface area contributed by atoms with E-state index in [0.717, 1.165) is 4.88 Å². The van der Waals surface area contributed by atoms with Gasteiger partial charge in [-0.3, -0.25) is 4.79 Å². The number of hydrogen-bond donors (Lipinski definition) is 1. The summed E-state index contributed by atoms with van der Waals surface area (Å²) >= 11 is 1.47. The van der Waals surface area contributed by atoms with E-state index < -0.39 is 18.8 Å². The standard InChI is InChI=1S/C15H17F3N2O3S/c1-9(7-22-8-15(16,17)18)19-13(21)6-11-10(2)23-14(20-11)12-4-3-5-24-12/h3-5,9H,6-8H2,1-2H3,(H,19,21). The first-order valence-electron chi connectivity index (χ1n) is 7.18. The van der Waals surface area contributed by atoms with Crippen LogP contribution in [-0.4, -0.2) is 36.3 Å². The van der Waals surface area contributed by atoms with E-state index in [9.17, 15) is 18.0 Å². The summed E-state index contributed by atoms with van der Waals surface area (Å²) < 4.78 is 46.0. The SMILES string of the molecule is Cc1oc(-c2cccs2)nc1CC(=O)NC(C)COCC(F)(F)F. The van der Waals surface area contributed by atoms with E-state index in [1.165, 1.54) is 11.3 Å². The van der Waals surface area contributed by atoms with Gasteiger partial charge in [-0.15, -0.1) is 11.3 Å². The molecule has 24 heavy (non-hydrogen) atoms. The van der Waals surface area contributed by atoms with Gasteiger partial charge in [0.15, 0.2) is 0 Å². The highest BCUT2D eigenvalue weighted by molar-refractivity contribution is 7.13. The minimum absolute atomic E-state index is 0.00960. The zero-order chi connectivity index (χ0) is 17.7. The number of carbonyl (C=O) groups is 1. The predicted molar refractivity (Wildman–Crippen MR) is 82.7 cm³/mol. The molecule has 2 aromatic heterocycles. The number of thiophene rings is 1. The van der Waals surface area contributed by atoms with Crippen molar-refractivity contribution in [2.24, 2.45) is 0 Å². The summed E-state index contributed by atoms with van der Waals surface area (Å²) in [6.07, 6.45) is -4.38. The van der Waals surface area contributed by atoms with E-state index >= 15 is 0 Å². The Labute approximate surface area is 140 Å². The molecule has 0 saturated carbocycles. The first-order chi connectivity index (χ1) is 11.2. The van der Waals surface area contributed by atoms with E-state index in [1.54, 1.807) is 13.8 Å². The van der Waals surface area contributed by atoms with Crippen molar-refractivity contribution < 1.29 is 27.1 Å². The lowest BCUT2D eigenvalue weighted by Crippen LogP contribution is -2.37. The van der Waals surface area contributed by atoms with Crippen LogP contribution in [0.5, 0.6) is 0 Å². The zero-order valence-electron chi connectivity index (χ0n) is 13.1. The summed E-state index contributed by atoms with van der Waals surface area (Å²) in [6, 6.07) is 3.19. The van der Waals surface area contributed by atoms with Crippen molar-refractivity contribution >= 4 is 17.2 Å². The summed E-state index contributed by atoms with van der Waals surface area (Å²) in [4.78, 5) is 17.1. The number of alkyl halides is 3. The van der Waals surface area contributed by atoms with Gasteiger partial charge in [0.1, 0.15) is 12.4 Å². The summed E-state index contributed by atoms with van der Waals surface area (Å²) in [5.41, 5.74) is 0.499. The molecule has 1 amide bonds. The number of halogens is 3. The molecule has 0 aliphatic heterocycles. The van der Waals surface area contributed by atoms with Gasteiger partial charge in [-0.1, -0.05) is 6.07 Å². The Kier molecular flexibility index (Phi) is 6.00. The summed E-state index contributed by atoms with van der Waals surface area (Å²) in [5.74, 6) is 0.633. The van der Waals surface area contributed by atoms with Crippen LogP contribution in [0.4, 0.5) is 13.2 Å². The zero-order valence-corrected chi connectivity index (χ0v) is 14.0. The van der Waals surface area contributed by atoms with Crippen LogP contribution in [0.1, 0.15) is 18.4 Å². The third-order valence-corrected chi connectivity index (χ3v) is 3.85. The second kappa shape index (κ2) is 7.80. The van der Waals surface area contributed by atoms with Crippen molar-refractivity contribution in [1.82, 2.24) is 10.3 Å². The van der Waals surface area contributed by atoms with Crippen molar-refractivity contribution in [1.29, 1.82) is 0 Å². The Morgan fingerprint density at radius 2 is 2.25 bits per heavy atom. The molecule has 0 radical (unpaired) electrons. The van der Waals surface area contributed by atoms with Crippen LogP contribution >= 0.6 is 11.3 Å². The average molecular weight is 362 g/mol. The molecule has 2 rings (SSSR count). The van der Waals surface area contributed by atoms with Crippen LogP contribution in [0.2, 0.25) is 0 Å². The maximum Gasteiger partial charge on any atom is 0.411 e. The van der Waals surface area contributed by atoms with E-state index in [1.807, 2.05) is 17.5 Å².